The molecule has 172 valence electrons. The lowest BCUT2D eigenvalue weighted by Crippen LogP contribution is -2.14. The summed E-state index contributed by atoms with van der Waals surface area (Å²) < 4.78 is 5.59. The van der Waals surface area contributed by atoms with Crippen molar-refractivity contribution >= 4 is 52.0 Å². The summed E-state index contributed by atoms with van der Waals surface area (Å²) in [5.74, 6) is 1.28. The first-order chi connectivity index (χ1) is 16.0. The van der Waals surface area contributed by atoms with Gasteiger partial charge < -0.3 is 26.0 Å². The van der Waals surface area contributed by atoms with Gasteiger partial charge in [0.25, 0.3) is 0 Å². The van der Waals surface area contributed by atoms with E-state index in [1.165, 1.54) is 38.8 Å². The van der Waals surface area contributed by atoms with Crippen molar-refractivity contribution in [2.45, 2.75) is 38.6 Å². The molecule has 9 heteroatoms. The molecule has 0 aliphatic heterocycles. The van der Waals surface area contributed by atoms with Crippen LogP contribution in [0.4, 0.5) is 34.5 Å². The number of ether oxygens (including phenoxy) is 1. The number of halogens is 1. The van der Waals surface area contributed by atoms with Crippen LogP contribution in [0.15, 0.2) is 48.7 Å². The highest BCUT2D eigenvalue weighted by molar-refractivity contribution is 6.33. The molecule has 1 amide bonds. The quantitative estimate of drug-likeness (QED) is 0.326. The van der Waals surface area contributed by atoms with E-state index in [0.29, 0.717) is 40.0 Å². The first kappa shape index (κ1) is 22.7. The van der Waals surface area contributed by atoms with Crippen LogP contribution in [0, 0.1) is 0 Å². The summed E-state index contributed by atoms with van der Waals surface area (Å²) >= 11 is 6.33. The van der Waals surface area contributed by atoms with Crippen molar-refractivity contribution in [3.05, 3.63) is 53.7 Å². The third kappa shape index (κ3) is 5.84. The van der Waals surface area contributed by atoms with Gasteiger partial charge in [-0.25, -0.2) is 4.98 Å². The van der Waals surface area contributed by atoms with Gasteiger partial charge in [-0.3, -0.25) is 4.79 Å². The molecule has 1 aliphatic rings. The highest BCUT2D eigenvalue weighted by Crippen LogP contribution is 2.33. The number of rotatable bonds is 8. The van der Waals surface area contributed by atoms with E-state index in [1.807, 2.05) is 36.4 Å². The molecule has 1 aliphatic carbocycles. The molecule has 1 fully saturated rings. The third-order valence-electron chi connectivity index (χ3n) is 5.41. The molecule has 0 bridgehead atoms. The summed E-state index contributed by atoms with van der Waals surface area (Å²) in [5.41, 5.74) is 3.06. The molecule has 1 aromatic heterocycles. The van der Waals surface area contributed by atoms with Crippen LogP contribution in [0.5, 0.6) is 5.75 Å². The second-order valence-electron chi connectivity index (χ2n) is 7.91. The Morgan fingerprint density at radius 1 is 1.06 bits per heavy atom. The predicted octanol–water partition coefficient (Wildman–Crippen LogP) is 5.94. The maximum absolute atomic E-state index is 11.5. The fraction of sp³-hybridized carbons (Fsp3) is 0.292. The molecule has 4 rings (SSSR count). The Hall–Kier alpha value is -3.52. The van der Waals surface area contributed by atoms with Crippen molar-refractivity contribution < 1.29 is 9.53 Å². The van der Waals surface area contributed by atoms with Crippen molar-refractivity contribution in [1.82, 2.24) is 9.97 Å². The van der Waals surface area contributed by atoms with Gasteiger partial charge in [0.15, 0.2) is 5.82 Å². The van der Waals surface area contributed by atoms with Crippen LogP contribution in [-0.2, 0) is 4.79 Å². The number of hydrogen-bond acceptors (Lipinski definition) is 7. The SMILES string of the molecule is COc1cc(NC2CCCC2)ccc1Nc1ncc(Cl)c(Nc2ccccc2NC(C)=O)n1. The van der Waals surface area contributed by atoms with Gasteiger partial charge in [0.1, 0.15) is 10.8 Å². The summed E-state index contributed by atoms with van der Waals surface area (Å²) in [7, 11) is 1.63. The molecule has 1 saturated carbocycles. The molecule has 1 heterocycles. The van der Waals surface area contributed by atoms with E-state index in [-0.39, 0.29) is 5.91 Å². The van der Waals surface area contributed by atoms with Crippen LogP contribution in [0.3, 0.4) is 0 Å². The van der Waals surface area contributed by atoms with Crippen LogP contribution in [-0.4, -0.2) is 29.0 Å². The van der Waals surface area contributed by atoms with E-state index in [2.05, 4.69) is 31.2 Å². The Balaban J connectivity index is 1.53. The lowest BCUT2D eigenvalue weighted by atomic mass is 10.2. The molecule has 3 aromatic rings. The monoisotopic (exact) mass is 466 g/mol. The average Bonchev–Trinajstić information content (AvgIpc) is 3.31. The minimum atomic E-state index is -0.168. The largest absolute Gasteiger partial charge is 0.494 e. The van der Waals surface area contributed by atoms with E-state index in [9.17, 15) is 4.79 Å². The lowest BCUT2D eigenvalue weighted by Gasteiger charge is -2.17. The molecular formula is C24H27ClN6O2. The number of anilines is 6. The van der Waals surface area contributed by atoms with Gasteiger partial charge in [-0.05, 0) is 37.1 Å². The maximum atomic E-state index is 11.5. The van der Waals surface area contributed by atoms with E-state index in [1.54, 1.807) is 13.2 Å². The number of carbonyl (C=O) groups is 1. The standard InChI is InChI=1S/C24H27ClN6O2/c1-15(32)27-19-9-5-6-10-20(19)29-23-18(25)14-26-24(31-23)30-21-12-11-17(13-22(21)33-2)28-16-7-3-4-8-16/h5-6,9-14,16,28H,3-4,7-8H2,1-2H3,(H,27,32)(H2,26,29,30,31). The fourth-order valence-corrected chi connectivity index (χ4v) is 3.98. The van der Waals surface area contributed by atoms with Gasteiger partial charge in [0, 0.05) is 24.7 Å². The number of amides is 1. The van der Waals surface area contributed by atoms with Gasteiger partial charge in [-0.1, -0.05) is 36.6 Å². The highest BCUT2D eigenvalue weighted by atomic mass is 35.5. The number of hydrogen-bond donors (Lipinski definition) is 4. The fourth-order valence-electron chi connectivity index (χ4n) is 3.84. The van der Waals surface area contributed by atoms with E-state index in [0.717, 1.165) is 11.4 Å². The summed E-state index contributed by atoms with van der Waals surface area (Å²) in [6.07, 6.45) is 6.45. The summed E-state index contributed by atoms with van der Waals surface area (Å²) in [6, 6.07) is 13.8. The van der Waals surface area contributed by atoms with E-state index < -0.39 is 0 Å². The molecular weight excluding hydrogens is 440 g/mol. The Morgan fingerprint density at radius 2 is 1.82 bits per heavy atom. The maximum Gasteiger partial charge on any atom is 0.229 e. The zero-order chi connectivity index (χ0) is 23.2. The van der Waals surface area contributed by atoms with Crippen LogP contribution in [0.2, 0.25) is 5.02 Å². The Bertz CT molecular complexity index is 1130. The minimum Gasteiger partial charge on any atom is -0.494 e. The molecule has 33 heavy (non-hydrogen) atoms. The zero-order valence-corrected chi connectivity index (χ0v) is 19.4. The number of para-hydroxylation sites is 2. The Kier molecular flexibility index (Phi) is 7.14. The van der Waals surface area contributed by atoms with Gasteiger partial charge in [-0.15, -0.1) is 0 Å². The van der Waals surface area contributed by atoms with Crippen molar-refractivity contribution in [2.24, 2.45) is 0 Å². The third-order valence-corrected chi connectivity index (χ3v) is 5.69. The Labute approximate surface area is 198 Å². The van der Waals surface area contributed by atoms with E-state index in [4.69, 9.17) is 16.3 Å². The van der Waals surface area contributed by atoms with Gasteiger partial charge in [0.2, 0.25) is 11.9 Å². The summed E-state index contributed by atoms with van der Waals surface area (Å²) in [5, 5.41) is 13.1. The number of nitrogens with one attached hydrogen (secondary N) is 4. The Morgan fingerprint density at radius 3 is 2.55 bits per heavy atom. The van der Waals surface area contributed by atoms with Crippen LogP contribution in [0.25, 0.3) is 0 Å². The van der Waals surface area contributed by atoms with Crippen molar-refractivity contribution in [3.8, 4) is 5.75 Å². The number of benzene rings is 2. The number of aromatic nitrogens is 2. The van der Waals surface area contributed by atoms with E-state index >= 15 is 0 Å². The molecule has 4 N–H and O–H groups in total. The molecule has 8 nitrogen and oxygen atoms in total. The highest BCUT2D eigenvalue weighted by Gasteiger charge is 2.16. The normalized spacial score (nSPS) is 13.4. The van der Waals surface area contributed by atoms with Gasteiger partial charge in [-0.2, -0.15) is 4.98 Å². The van der Waals surface area contributed by atoms with Crippen LogP contribution in [0.1, 0.15) is 32.6 Å². The van der Waals surface area contributed by atoms with Crippen LogP contribution >= 0.6 is 11.6 Å². The number of nitrogens with zero attached hydrogens (tertiary/aromatic N) is 2. The number of methoxy groups -OCH3 is 1. The smallest absolute Gasteiger partial charge is 0.229 e. The molecule has 0 spiro atoms. The van der Waals surface area contributed by atoms with Crippen LogP contribution < -0.4 is 26.0 Å². The molecule has 0 unspecified atom stereocenters. The summed E-state index contributed by atoms with van der Waals surface area (Å²) in [4.78, 5) is 20.3. The molecule has 0 saturated heterocycles. The second-order valence-corrected chi connectivity index (χ2v) is 8.31. The van der Waals surface area contributed by atoms with Crippen molar-refractivity contribution in [1.29, 1.82) is 0 Å². The molecule has 0 atom stereocenters. The topological polar surface area (TPSA) is 100 Å². The summed E-state index contributed by atoms with van der Waals surface area (Å²) in [6.45, 7) is 1.46. The second kappa shape index (κ2) is 10.4. The van der Waals surface area contributed by atoms with Crippen molar-refractivity contribution in [2.75, 3.05) is 28.4 Å². The molecule has 2 aromatic carbocycles. The predicted molar refractivity (Wildman–Crippen MR) is 133 cm³/mol. The van der Waals surface area contributed by atoms with Crippen molar-refractivity contribution in [3.63, 3.8) is 0 Å². The average molecular weight is 467 g/mol. The first-order valence-corrected chi connectivity index (χ1v) is 11.3. The molecule has 0 radical (unpaired) electrons. The number of carbonyl (C=O) groups excluding carboxylic acids is 1. The zero-order valence-electron chi connectivity index (χ0n) is 18.6. The van der Waals surface area contributed by atoms with Gasteiger partial charge >= 0.3 is 0 Å². The minimum absolute atomic E-state index is 0.168. The first-order valence-electron chi connectivity index (χ1n) is 10.9. The van der Waals surface area contributed by atoms with Gasteiger partial charge in [0.05, 0.1) is 30.4 Å². The lowest BCUT2D eigenvalue weighted by molar-refractivity contribution is -0.114.